The van der Waals surface area contributed by atoms with Gasteiger partial charge in [0.15, 0.2) is 0 Å². The summed E-state index contributed by atoms with van der Waals surface area (Å²) < 4.78 is 13.9. The summed E-state index contributed by atoms with van der Waals surface area (Å²) in [6.07, 6.45) is 11.3. The number of hydrogen-bond acceptors (Lipinski definition) is 7. The first kappa shape index (κ1) is 22.1. The SMILES string of the molecule is CCOC(=O)c1cnn(-c2nc(OC)c3c(cnn3Cc3ccc(C4CCCCC4)cc3)n2)c1. The fourth-order valence-electron chi connectivity index (χ4n) is 4.57. The van der Waals surface area contributed by atoms with E-state index < -0.39 is 5.97 Å². The van der Waals surface area contributed by atoms with Gasteiger partial charge in [0.1, 0.15) is 11.0 Å². The van der Waals surface area contributed by atoms with E-state index in [1.54, 1.807) is 20.2 Å². The summed E-state index contributed by atoms with van der Waals surface area (Å²) in [6, 6.07) is 8.86. The number of carbonyl (C=O) groups excluding carboxylic acids is 1. The molecule has 1 saturated carbocycles. The maximum absolute atomic E-state index is 12.0. The molecule has 9 nitrogen and oxygen atoms in total. The lowest BCUT2D eigenvalue weighted by Crippen LogP contribution is -2.08. The molecule has 0 bridgehead atoms. The highest BCUT2D eigenvalue weighted by Crippen LogP contribution is 2.32. The number of rotatable bonds is 7. The van der Waals surface area contributed by atoms with Crippen LogP contribution in [0.25, 0.3) is 17.0 Å². The predicted molar refractivity (Wildman–Crippen MR) is 126 cm³/mol. The zero-order valence-corrected chi connectivity index (χ0v) is 19.5. The summed E-state index contributed by atoms with van der Waals surface area (Å²) in [4.78, 5) is 21.1. The second kappa shape index (κ2) is 9.62. The van der Waals surface area contributed by atoms with Crippen LogP contribution in [0.1, 0.15) is 66.4 Å². The van der Waals surface area contributed by atoms with E-state index in [2.05, 4.69) is 44.4 Å². The molecule has 0 amide bonds. The van der Waals surface area contributed by atoms with Crippen molar-refractivity contribution in [2.45, 2.75) is 51.5 Å². The van der Waals surface area contributed by atoms with Gasteiger partial charge in [0, 0.05) is 6.20 Å². The molecule has 0 saturated heterocycles. The topological polar surface area (TPSA) is 97.0 Å². The standard InChI is InChI=1S/C25H28N6O3/c1-3-34-24(32)20-13-26-31(16-20)25-28-21-14-27-30(22(21)23(29-25)33-2)15-17-9-11-19(12-10-17)18-7-5-4-6-8-18/h9-14,16,18H,3-8,15H2,1-2H3. The molecule has 3 heterocycles. The Bertz CT molecular complexity index is 1290. The van der Waals surface area contributed by atoms with Crippen molar-refractivity contribution >= 4 is 17.0 Å². The molecule has 9 heteroatoms. The molecule has 1 aliphatic rings. The van der Waals surface area contributed by atoms with E-state index in [1.165, 1.54) is 54.7 Å². The number of carbonyl (C=O) groups is 1. The van der Waals surface area contributed by atoms with Crippen LogP contribution in [-0.2, 0) is 11.3 Å². The van der Waals surface area contributed by atoms with E-state index in [4.69, 9.17) is 9.47 Å². The number of benzene rings is 1. The fraction of sp³-hybridized carbons (Fsp3) is 0.400. The molecule has 4 aromatic rings. The minimum absolute atomic E-state index is 0.288. The molecule has 1 aromatic carbocycles. The molecule has 0 aliphatic heterocycles. The first-order chi connectivity index (χ1) is 16.7. The van der Waals surface area contributed by atoms with Crippen LogP contribution in [0.4, 0.5) is 0 Å². The first-order valence-corrected chi connectivity index (χ1v) is 11.7. The summed E-state index contributed by atoms with van der Waals surface area (Å²) in [7, 11) is 1.56. The highest BCUT2D eigenvalue weighted by atomic mass is 16.5. The molecule has 1 fully saturated rings. The Morgan fingerprint density at radius 3 is 2.59 bits per heavy atom. The van der Waals surface area contributed by atoms with Crippen LogP contribution in [0.3, 0.4) is 0 Å². The lowest BCUT2D eigenvalue weighted by Gasteiger charge is -2.22. The maximum Gasteiger partial charge on any atom is 0.341 e. The van der Waals surface area contributed by atoms with Crippen molar-refractivity contribution in [1.82, 2.24) is 29.5 Å². The Kier molecular flexibility index (Phi) is 6.24. The Morgan fingerprint density at radius 1 is 1.06 bits per heavy atom. The molecule has 1 aliphatic carbocycles. The lowest BCUT2D eigenvalue weighted by molar-refractivity contribution is 0.0526. The van der Waals surface area contributed by atoms with Gasteiger partial charge < -0.3 is 9.47 Å². The molecule has 3 aromatic heterocycles. The molecule has 0 unspecified atom stereocenters. The molecular weight excluding hydrogens is 432 g/mol. The summed E-state index contributed by atoms with van der Waals surface area (Å²) >= 11 is 0. The molecule has 176 valence electrons. The molecule has 0 spiro atoms. The minimum atomic E-state index is -0.441. The van der Waals surface area contributed by atoms with E-state index in [1.807, 2.05) is 4.68 Å². The van der Waals surface area contributed by atoms with E-state index >= 15 is 0 Å². The lowest BCUT2D eigenvalue weighted by atomic mass is 9.84. The quantitative estimate of drug-likeness (QED) is 0.380. The summed E-state index contributed by atoms with van der Waals surface area (Å²) in [5.74, 6) is 0.928. The van der Waals surface area contributed by atoms with Gasteiger partial charge in [-0.05, 0) is 36.8 Å². The average molecular weight is 461 g/mol. The van der Waals surface area contributed by atoms with E-state index in [-0.39, 0.29) is 5.95 Å². The summed E-state index contributed by atoms with van der Waals surface area (Å²) in [5, 5.41) is 8.74. The Labute approximate surface area is 197 Å². The van der Waals surface area contributed by atoms with Gasteiger partial charge >= 0.3 is 5.97 Å². The number of methoxy groups -OCH3 is 1. The molecule has 0 atom stereocenters. The van der Waals surface area contributed by atoms with Gasteiger partial charge in [-0.1, -0.05) is 43.5 Å². The van der Waals surface area contributed by atoms with Gasteiger partial charge in [0.2, 0.25) is 5.88 Å². The highest BCUT2D eigenvalue weighted by molar-refractivity contribution is 5.88. The van der Waals surface area contributed by atoms with Crippen LogP contribution in [0, 0.1) is 0 Å². The number of esters is 1. The normalized spacial score (nSPS) is 14.4. The maximum atomic E-state index is 12.0. The van der Waals surface area contributed by atoms with Crippen LogP contribution >= 0.6 is 0 Å². The number of aromatic nitrogens is 6. The molecule has 34 heavy (non-hydrogen) atoms. The van der Waals surface area contributed by atoms with Gasteiger partial charge in [-0.3, -0.25) is 4.68 Å². The van der Waals surface area contributed by atoms with Crippen molar-refractivity contribution in [1.29, 1.82) is 0 Å². The smallest absolute Gasteiger partial charge is 0.341 e. The molecule has 0 N–H and O–H groups in total. The van der Waals surface area contributed by atoms with Gasteiger partial charge in [-0.15, -0.1) is 0 Å². The fourth-order valence-corrected chi connectivity index (χ4v) is 4.57. The highest BCUT2D eigenvalue weighted by Gasteiger charge is 2.18. The second-order valence-corrected chi connectivity index (χ2v) is 8.54. The van der Waals surface area contributed by atoms with E-state index in [0.717, 1.165) is 5.56 Å². The number of hydrogen-bond donors (Lipinski definition) is 0. The number of fused-ring (bicyclic) bond motifs is 1. The van der Waals surface area contributed by atoms with Crippen LogP contribution in [0.15, 0.2) is 42.9 Å². The van der Waals surface area contributed by atoms with Crippen molar-refractivity contribution in [3.8, 4) is 11.8 Å². The molecular formula is C25H28N6O3. The van der Waals surface area contributed by atoms with Crippen molar-refractivity contribution in [3.05, 3.63) is 59.5 Å². The van der Waals surface area contributed by atoms with Crippen LogP contribution < -0.4 is 4.74 Å². The minimum Gasteiger partial charge on any atom is -0.479 e. The zero-order valence-electron chi connectivity index (χ0n) is 19.5. The van der Waals surface area contributed by atoms with Crippen LogP contribution in [-0.4, -0.2) is 49.2 Å². The second-order valence-electron chi connectivity index (χ2n) is 8.54. The van der Waals surface area contributed by atoms with Crippen molar-refractivity contribution in [2.75, 3.05) is 13.7 Å². The number of ether oxygens (including phenoxy) is 2. The third-order valence-electron chi connectivity index (χ3n) is 6.33. The van der Waals surface area contributed by atoms with Crippen molar-refractivity contribution < 1.29 is 14.3 Å². The average Bonchev–Trinajstić information content (AvgIpc) is 3.53. The van der Waals surface area contributed by atoms with Crippen molar-refractivity contribution in [3.63, 3.8) is 0 Å². The third kappa shape index (κ3) is 4.37. The van der Waals surface area contributed by atoms with Gasteiger partial charge in [-0.2, -0.15) is 15.2 Å². The summed E-state index contributed by atoms with van der Waals surface area (Å²) in [5.41, 5.74) is 4.26. The van der Waals surface area contributed by atoms with Crippen LogP contribution in [0.5, 0.6) is 5.88 Å². The zero-order chi connectivity index (χ0) is 23.5. The van der Waals surface area contributed by atoms with E-state index in [9.17, 15) is 4.79 Å². The Hall–Kier alpha value is -3.75. The first-order valence-electron chi connectivity index (χ1n) is 11.7. The third-order valence-corrected chi connectivity index (χ3v) is 6.33. The predicted octanol–water partition coefficient (Wildman–Crippen LogP) is 4.29. The molecule has 0 radical (unpaired) electrons. The van der Waals surface area contributed by atoms with Crippen LogP contribution in [0.2, 0.25) is 0 Å². The van der Waals surface area contributed by atoms with Crippen molar-refractivity contribution in [2.24, 2.45) is 0 Å². The van der Waals surface area contributed by atoms with Gasteiger partial charge in [-0.25, -0.2) is 14.5 Å². The molecule has 5 rings (SSSR count). The van der Waals surface area contributed by atoms with Gasteiger partial charge in [0.05, 0.1) is 38.2 Å². The monoisotopic (exact) mass is 460 g/mol. The number of nitrogens with zero attached hydrogens (tertiary/aromatic N) is 6. The van der Waals surface area contributed by atoms with Gasteiger partial charge in [0.25, 0.3) is 5.95 Å². The Balaban J connectivity index is 1.40. The summed E-state index contributed by atoms with van der Waals surface area (Å²) in [6.45, 7) is 2.64. The van der Waals surface area contributed by atoms with E-state index in [0.29, 0.717) is 41.5 Å². The largest absolute Gasteiger partial charge is 0.479 e. The Morgan fingerprint density at radius 2 is 1.85 bits per heavy atom.